The van der Waals surface area contributed by atoms with Gasteiger partial charge >= 0.3 is 5.97 Å². The van der Waals surface area contributed by atoms with Crippen molar-refractivity contribution < 1.29 is 67.9 Å². The van der Waals surface area contributed by atoms with Crippen LogP contribution in [-0.2, 0) is 35.1 Å². The van der Waals surface area contributed by atoms with Crippen molar-refractivity contribution in [3.05, 3.63) is 147 Å². The molecular formula is C67H68N14O14S6. The highest BCUT2D eigenvalue weighted by atomic mass is 32.1. The van der Waals surface area contributed by atoms with E-state index in [2.05, 4.69) is 41.5 Å². The number of amides is 7. The first kappa shape index (κ1) is 71.6. The van der Waals surface area contributed by atoms with Gasteiger partial charge in [0.05, 0.1) is 56.0 Å². The van der Waals surface area contributed by atoms with Gasteiger partial charge in [0.15, 0.2) is 6.61 Å². The number of ether oxygens (including phenoxy) is 3. The van der Waals surface area contributed by atoms with E-state index in [1.165, 1.54) is 49.7 Å². The van der Waals surface area contributed by atoms with Crippen molar-refractivity contribution in [2.24, 2.45) is 17.6 Å². The largest absolute Gasteiger partial charge is 0.484 e. The Labute approximate surface area is 601 Å². The third-order valence-corrected chi connectivity index (χ3v) is 22.7. The number of carboxylic acid groups (broad SMARTS) is 1. The van der Waals surface area contributed by atoms with E-state index in [0.29, 0.717) is 109 Å². The lowest BCUT2D eigenvalue weighted by molar-refractivity contribution is -0.143. The van der Waals surface area contributed by atoms with E-state index in [1.807, 2.05) is 6.92 Å². The topological polar surface area (TPSA) is 405 Å². The highest BCUT2D eigenvalue weighted by Gasteiger charge is 2.46. The lowest BCUT2D eigenvalue weighted by Gasteiger charge is -2.29. The van der Waals surface area contributed by atoms with Crippen LogP contribution in [0.25, 0.3) is 43.4 Å². The number of thiazole rings is 6. The molecule has 34 heteroatoms. The lowest BCUT2D eigenvalue weighted by atomic mass is 9.86. The Morgan fingerprint density at radius 1 is 0.693 bits per heavy atom. The van der Waals surface area contributed by atoms with Crippen LogP contribution in [0.1, 0.15) is 136 Å². The fourth-order valence-electron chi connectivity index (χ4n) is 11.8. The molecule has 0 spiro atoms. The van der Waals surface area contributed by atoms with Crippen LogP contribution in [0, 0.1) is 18.8 Å². The van der Waals surface area contributed by atoms with Crippen molar-refractivity contribution in [1.29, 1.82) is 0 Å². The van der Waals surface area contributed by atoms with Crippen LogP contribution in [-0.4, -0.2) is 167 Å². The highest BCUT2D eigenvalue weighted by Crippen LogP contribution is 2.43. The molecule has 7 atom stereocenters. The second-order valence-electron chi connectivity index (χ2n) is 24.1. The molecule has 9 heterocycles. The molecule has 10 N–H and O–H groups in total. The quantitative estimate of drug-likeness (QED) is 0.0364. The summed E-state index contributed by atoms with van der Waals surface area (Å²) >= 11 is 6.84. The number of carbonyl (C=O) groups excluding carboxylic acids is 7. The summed E-state index contributed by atoms with van der Waals surface area (Å²) in [7, 11) is 1.56. The molecule has 7 amide bonds. The van der Waals surface area contributed by atoms with Crippen LogP contribution in [0.2, 0.25) is 0 Å². The fraction of sp³-hybridized carbons (Fsp3) is 0.358. The number of nitrogens with zero attached hydrogens (tertiary/aromatic N) is 8. The number of rotatable bonds is 19. The van der Waals surface area contributed by atoms with Crippen molar-refractivity contribution in [3.63, 3.8) is 0 Å². The Morgan fingerprint density at radius 3 is 2.12 bits per heavy atom. The van der Waals surface area contributed by atoms with Crippen molar-refractivity contribution in [2.45, 2.75) is 94.8 Å². The number of fused-ring (bicyclic) bond motifs is 16. The SMILES string of the molecule is COCCOCCNC(=O)COc1ccc(C[C@@H]2NC(=O)c3csc(n3)[C@H]([C@H](O)c3ccccc3)NC(=O)c3nc(sc3C)[C@H](CC(N)=O)NC(=O)c3csc(n3)-c3ccc(-c4nc(C(=O)NC5CCC(C(=O)O)CC5)cs4)nc3-c3csc(n3)-c3csc(n3)[C@@H]3[C@@H](C)[C@@H](O)CN3C2=O)cc1. The van der Waals surface area contributed by atoms with E-state index >= 15 is 4.79 Å². The van der Waals surface area contributed by atoms with Crippen molar-refractivity contribution in [2.75, 3.05) is 46.6 Å². The summed E-state index contributed by atoms with van der Waals surface area (Å²) in [5.74, 6) is -5.89. The molecule has 3 aliphatic rings. The number of aliphatic hydroxyl groups excluding tert-OH is 2. The van der Waals surface area contributed by atoms with Gasteiger partial charge in [0.1, 0.15) is 93.8 Å². The normalized spacial score (nSPS) is 20.6. The summed E-state index contributed by atoms with van der Waals surface area (Å²) in [5.41, 5.74) is 8.60. The zero-order valence-electron chi connectivity index (χ0n) is 54.4. The highest BCUT2D eigenvalue weighted by molar-refractivity contribution is 7.15. The fourth-order valence-corrected chi connectivity index (χ4v) is 17.1. The molecule has 2 aromatic carbocycles. The summed E-state index contributed by atoms with van der Waals surface area (Å²) in [6.07, 6.45) is -1.04. The average molecular weight is 1490 g/mol. The number of hydrogen-bond acceptors (Lipinski definition) is 26. The number of aryl methyl sites for hydroxylation is 1. The summed E-state index contributed by atoms with van der Waals surface area (Å²) in [4.78, 5) is 146. The van der Waals surface area contributed by atoms with Gasteiger partial charge in [-0.3, -0.25) is 38.4 Å². The summed E-state index contributed by atoms with van der Waals surface area (Å²) in [6.45, 7) is 4.37. The number of carbonyl (C=O) groups is 8. The molecule has 2 aliphatic heterocycles. The second kappa shape index (κ2) is 32.2. The second-order valence-corrected chi connectivity index (χ2v) is 29.7. The summed E-state index contributed by atoms with van der Waals surface area (Å²) < 4.78 is 16.2. The van der Waals surface area contributed by atoms with Gasteiger partial charge < -0.3 is 66.7 Å². The summed E-state index contributed by atoms with van der Waals surface area (Å²) in [5, 5.41) is 57.8. The first-order valence-corrected chi connectivity index (χ1v) is 37.3. The van der Waals surface area contributed by atoms with E-state index in [0.717, 1.165) is 34.0 Å². The third-order valence-electron chi connectivity index (χ3n) is 17.2. The van der Waals surface area contributed by atoms with Gasteiger partial charge in [0.2, 0.25) is 11.8 Å². The molecule has 1 saturated carbocycles. The van der Waals surface area contributed by atoms with Crippen molar-refractivity contribution in [3.8, 4) is 49.1 Å². The number of pyridine rings is 1. The van der Waals surface area contributed by atoms with Crippen LogP contribution < -0.4 is 37.1 Å². The van der Waals surface area contributed by atoms with Gasteiger partial charge in [-0.1, -0.05) is 49.4 Å². The molecule has 9 aromatic rings. The maximum Gasteiger partial charge on any atom is 0.306 e. The van der Waals surface area contributed by atoms with Gasteiger partial charge in [0, 0.05) is 75.9 Å². The number of aromatic nitrogens is 7. The minimum absolute atomic E-state index is 0.0407. The molecule has 10 bridgehead atoms. The Balaban J connectivity index is 0.898. The predicted molar refractivity (Wildman–Crippen MR) is 376 cm³/mol. The standard InChI is InChI=1S/C67H68N14O14S6/c1-32-48(82)25-81-54(32)65-78-47(31-100-65)62-74-43(27-97-62)52-39(17-18-40(71-52)61-76-44(29-98-61)56(86)70-37-13-11-36(12-14-37)67(91)92)60-75-45(28-96-60)57(87)72-41(24-49(68)83)63-80-51(33(2)101-63)59(89)79-53(55(85)35-7-5-4-6-8-35)64-77-46(30-99-64)58(88)73-42(66(81)90)23-34-9-15-38(16-10-34)95-26-50(84)69-19-20-94-22-21-93-3/h4-10,15-18,27-32,36-37,41-42,48,53-55,82,85H,11-14,19-26H2,1-3H3,(H2,68,83)(H,69,84)(H,70,86)(H,72,87)(H,73,88)(H,79,89)(H,91,92)/t32-,36?,37?,41-,42-,48-,53-,54-,55+/m0/s1. The first-order chi connectivity index (χ1) is 48.7. The van der Waals surface area contributed by atoms with Gasteiger partial charge in [-0.05, 0) is 68.0 Å². The number of nitrogens with two attached hydrogens (primary N) is 1. The maximum atomic E-state index is 15.5. The average Bonchev–Trinajstić information content (AvgIpc) is 1.53. The van der Waals surface area contributed by atoms with Crippen molar-refractivity contribution in [1.82, 2.24) is 66.4 Å². The van der Waals surface area contributed by atoms with Gasteiger partial charge in [0.25, 0.3) is 29.5 Å². The van der Waals surface area contributed by atoms with E-state index in [4.69, 9.17) is 39.9 Å². The van der Waals surface area contributed by atoms with Crippen LogP contribution >= 0.6 is 68.0 Å². The molecule has 101 heavy (non-hydrogen) atoms. The Hall–Kier alpha value is -9.23. The zero-order valence-corrected chi connectivity index (χ0v) is 59.3. The zero-order chi connectivity index (χ0) is 71.0. The number of nitrogens with one attached hydrogen (secondary N) is 5. The predicted octanol–water partition coefficient (Wildman–Crippen LogP) is 7.11. The monoisotopic (exact) mass is 1480 g/mol. The smallest absolute Gasteiger partial charge is 0.306 e. The third kappa shape index (κ3) is 16.9. The number of benzene rings is 2. The molecule has 526 valence electrons. The Kier molecular flexibility index (Phi) is 22.8. The minimum atomic E-state index is -1.44. The first-order valence-electron chi connectivity index (χ1n) is 32.0. The Bertz CT molecular complexity index is 4510. The van der Waals surface area contributed by atoms with Gasteiger partial charge in [-0.15, -0.1) is 68.0 Å². The van der Waals surface area contributed by atoms with Crippen LogP contribution in [0.15, 0.2) is 93.6 Å². The van der Waals surface area contributed by atoms with E-state index in [-0.39, 0.29) is 77.5 Å². The van der Waals surface area contributed by atoms with Crippen LogP contribution in [0.4, 0.5) is 0 Å². The number of hydrogen-bond donors (Lipinski definition) is 9. The molecule has 2 fully saturated rings. The molecule has 1 aliphatic carbocycles. The molecule has 7 aromatic heterocycles. The molecule has 12 rings (SSSR count). The molecule has 1 saturated heterocycles. The number of carboxylic acids is 1. The molecule has 0 unspecified atom stereocenters. The van der Waals surface area contributed by atoms with Crippen LogP contribution in [0.5, 0.6) is 5.75 Å². The van der Waals surface area contributed by atoms with E-state index in [1.54, 1.807) is 96.9 Å². The lowest BCUT2D eigenvalue weighted by Crippen LogP contribution is -2.50. The summed E-state index contributed by atoms with van der Waals surface area (Å²) in [6, 6.07) is 13.8. The van der Waals surface area contributed by atoms with Gasteiger partial charge in [-0.25, -0.2) is 34.9 Å². The number of primary amides is 1. The number of aliphatic carboxylic acids is 1. The van der Waals surface area contributed by atoms with Crippen molar-refractivity contribution >= 4 is 115 Å². The molecule has 0 radical (unpaired) electrons. The van der Waals surface area contributed by atoms with Crippen LogP contribution in [0.3, 0.4) is 0 Å². The maximum absolute atomic E-state index is 15.5. The Morgan fingerprint density at radius 2 is 1.37 bits per heavy atom. The van der Waals surface area contributed by atoms with E-state index in [9.17, 15) is 48.9 Å². The number of methoxy groups -OCH3 is 1. The molecule has 28 nitrogen and oxygen atoms in total. The number of aliphatic hydroxyl groups is 2. The minimum Gasteiger partial charge on any atom is -0.484 e. The van der Waals surface area contributed by atoms with E-state index < -0.39 is 96.0 Å². The van der Waals surface area contributed by atoms with Gasteiger partial charge in [-0.2, -0.15) is 0 Å². The molecular weight excluding hydrogens is 1420 g/mol.